The normalized spacial score (nSPS) is 11.4. The van der Waals surface area contributed by atoms with E-state index in [4.69, 9.17) is 17.0 Å². The van der Waals surface area contributed by atoms with E-state index in [-0.39, 0.29) is 0 Å². The summed E-state index contributed by atoms with van der Waals surface area (Å²) in [6, 6.07) is 0. The van der Waals surface area contributed by atoms with E-state index in [1.807, 2.05) is 0 Å². The summed E-state index contributed by atoms with van der Waals surface area (Å²) in [7, 11) is 0. The molecule has 0 saturated heterocycles. The largest absolute Gasteiger partial charge is 0.487 e. The van der Waals surface area contributed by atoms with E-state index < -0.39 is 0 Å². The van der Waals surface area contributed by atoms with Crippen molar-refractivity contribution in [2.45, 2.75) is 194 Å². The Morgan fingerprint density at radius 2 is 0.714 bits per heavy atom. The summed E-state index contributed by atoms with van der Waals surface area (Å²) >= 11 is 5.69. The smallest absolute Gasteiger partial charge is 0.162 e. The molecule has 1 nitrogen and oxygen atoms in total. The molecule has 0 N–H and O–H groups in total. The van der Waals surface area contributed by atoms with Crippen LogP contribution < -0.4 is 0 Å². The van der Waals surface area contributed by atoms with Crippen molar-refractivity contribution in [3.8, 4) is 0 Å². The van der Waals surface area contributed by atoms with Crippen molar-refractivity contribution in [2.24, 2.45) is 5.92 Å². The Kier molecular flexibility index (Phi) is 30.0. The maximum atomic E-state index is 5.90. The first-order chi connectivity index (χ1) is 17.3. The van der Waals surface area contributed by atoms with Gasteiger partial charge in [0, 0.05) is 5.92 Å². The lowest BCUT2D eigenvalue weighted by Crippen LogP contribution is -2.16. The number of ether oxygens (including phenoxy) is 1. The van der Waals surface area contributed by atoms with Gasteiger partial charge in [-0.3, -0.25) is 0 Å². The number of hydrogen-bond acceptors (Lipinski definition) is 2. The molecule has 0 amide bonds. The third kappa shape index (κ3) is 26.8. The zero-order valence-electron chi connectivity index (χ0n) is 24.7. The third-order valence-corrected chi connectivity index (χ3v) is 8.05. The van der Waals surface area contributed by atoms with Gasteiger partial charge in [0.2, 0.25) is 0 Å². The van der Waals surface area contributed by atoms with Gasteiger partial charge in [0.15, 0.2) is 5.05 Å². The maximum absolute atomic E-state index is 5.90. The van der Waals surface area contributed by atoms with Crippen molar-refractivity contribution in [1.82, 2.24) is 0 Å². The molecule has 0 aromatic heterocycles. The van der Waals surface area contributed by atoms with Gasteiger partial charge in [0.05, 0.1) is 6.61 Å². The molecule has 0 saturated carbocycles. The molecule has 0 radical (unpaired) electrons. The van der Waals surface area contributed by atoms with Crippen LogP contribution >= 0.6 is 12.2 Å². The second-order valence-electron chi connectivity index (χ2n) is 11.2. The molecule has 0 unspecified atom stereocenters. The Labute approximate surface area is 228 Å². The number of unbranched alkanes of at least 4 members (excludes halogenated alkanes) is 22. The molecule has 0 aliphatic heterocycles. The average molecular weight is 511 g/mol. The second kappa shape index (κ2) is 30.1. The minimum atomic E-state index is 0.516. The number of rotatable bonds is 29. The first-order valence-corrected chi connectivity index (χ1v) is 16.8. The Bertz CT molecular complexity index is 380. The summed E-state index contributed by atoms with van der Waals surface area (Å²) < 4.78 is 5.90. The lowest BCUT2D eigenvalue weighted by Gasteiger charge is -2.18. The third-order valence-electron chi connectivity index (χ3n) is 7.59. The van der Waals surface area contributed by atoms with Gasteiger partial charge < -0.3 is 4.74 Å². The van der Waals surface area contributed by atoms with Crippen LogP contribution in [0, 0.1) is 5.92 Å². The molecular formula is C33H66OS. The lowest BCUT2D eigenvalue weighted by atomic mass is 9.94. The molecule has 2 heteroatoms. The van der Waals surface area contributed by atoms with Crippen LogP contribution in [0.5, 0.6) is 0 Å². The molecule has 0 heterocycles. The van der Waals surface area contributed by atoms with Gasteiger partial charge in [-0.15, -0.1) is 0 Å². The summed E-state index contributed by atoms with van der Waals surface area (Å²) in [4.78, 5) is 0. The van der Waals surface area contributed by atoms with Crippen LogP contribution in [-0.4, -0.2) is 11.7 Å². The van der Waals surface area contributed by atoms with Gasteiger partial charge >= 0.3 is 0 Å². The zero-order valence-corrected chi connectivity index (χ0v) is 25.5. The predicted octanol–water partition coefficient (Wildman–Crippen LogP) is 12.5. The van der Waals surface area contributed by atoms with Crippen LogP contribution in [0.3, 0.4) is 0 Å². The fraction of sp³-hybridized carbons (Fsp3) is 0.970. The van der Waals surface area contributed by atoms with Crippen molar-refractivity contribution in [2.75, 3.05) is 6.61 Å². The predicted molar refractivity (Wildman–Crippen MR) is 164 cm³/mol. The van der Waals surface area contributed by atoms with Crippen LogP contribution in [0.4, 0.5) is 0 Å². The molecule has 35 heavy (non-hydrogen) atoms. The van der Waals surface area contributed by atoms with E-state index in [2.05, 4.69) is 20.8 Å². The number of thiocarbonyl (C=S) groups is 1. The minimum Gasteiger partial charge on any atom is -0.487 e. The quantitative estimate of drug-likeness (QED) is 0.0730. The zero-order chi connectivity index (χ0) is 25.7. The van der Waals surface area contributed by atoms with Gasteiger partial charge in [0.25, 0.3) is 0 Å². The molecule has 0 aromatic rings. The van der Waals surface area contributed by atoms with Crippen LogP contribution in [0.25, 0.3) is 0 Å². The van der Waals surface area contributed by atoms with Crippen molar-refractivity contribution in [3.63, 3.8) is 0 Å². The molecule has 0 aliphatic rings. The molecular weight excluding hydrogens is 444 g/mol. The van der Waals surface area contributed by atoms with Crippen molar-refractivity contribution in [3.05, 3.63) is 0 Å². The van der Waals surface area contributed by atoms with Crippen LogP contribution in [0.15, 0.2) is 0 Å². The van der Waals surface area contributed by atoms with Gasteiger partial charge in [-0.05, 0) is 31.5 Å². The first-order valence-electron chi connectivity index (χ1n) is 16.4. The topological polar surface area (TPSA) is 9.23 Å². The van der Waals surface area contributed by atoms with E-state index in [1.54, 1.807) is 0 Å². The van der Waals surface area contributed by atoms with Crippen LogP contribution in [0.2, 0.25) is 0 Å². The molecule has 0 bridgehead atoms. The van der Waals surface area contributed by atoms with E-state index in [0.29, 0.717) is 5.92 Å². The van der Waals surface area contributed by atoms with Gasteiger partial charge in [-0.2, -0.15) is 0 Å². The SMILES string of the molecule is CCCCCCCCCCCCCCC(CCCCCCCCCCCCCC)C(=S)OCCC. The Morgan fingerprint density at radius 1 is 0.429 bits per heavy atom. The molecule has 0 spiro atoms. The summed E-state index contributed by atoms with van der Waals surface area (Å²) in [5, 5.41) is 0.915. The average Bonchev–Trinajstić information content (AvgIpc) is 2.87. The molecule has 0 aromatic carbocycles. The van der Waals surface area contributed by atoms with Crippen LogP contribution in [0.1, 0.15) is 194 Å². The van der Waals surface area contributed by atoms with Gasteiger partial charge in [-0.1, -0.05) is 175 Å². The molecule has 0 fully saturated rings. The lowest BCUT2D eigenvalue weighted by molar-refractivity contribution is 0.280. The monoisotopic (exact) mass is 510 g/mol. The molecule has 0 aliphatic carbocycles. The fourth-order valence-electron chi connectivity index (χ4n) is 5.16. The summed E-state index contributed by atoms with van der Waals surface area (Å²) in [6.45, 7) is 7.57. The Hall–Kier alpha value is -0.110. The molecule has 210 valence electrons. The summed E-state index contributed by atoms with van der Waals surface area (Å²) in [5.41, 5.74) is 0. The second-order valence-corrected chi connectivity index (χ2v) is 11.6. The highest BCUT2D eigenvalue weighted by Gasteiger charge is 2.15. The van der Waals surface area contributed by atoms with E-state index in [0.717, 1.165) is 18.1 Å². The van der Waals surface area contributed by atoms with Gasteiger partial charge in [0.1, 0.15) is 0 Å². The Balaban J connectivity index is 3.75. The standard InChI is InChI=1S/C33H66OS/c1-4-7-9-11-13-15-17-19-21-23-25-27-29-32(33(35)34-31-6-3)30-28-26-24-22-20-18-16-14-12-10-8-5-2/h32H,4-31H2,1-3H3. The molecule has 0 rings (SSSR count). The first kappa shape index (κ1) is 34.9. The van der Waals surface area contributed by atoms with E-state index in [1.165, 1.54) is 167 Å². The van der Waals surface area contributed by atoms with E-state index in [9.17, 15) is 0 Å². The summed E-state index contributed by atoms with van der Waals surface area (Å²) in [6.07, 6.45) is 37.6. The van der Waals surface area contributed by atoms with Crippen molar-refractivity contribution < 1.29 is 4.74 Å². The highest BCUT2D eigenvalue weighted by Crippen LogP contribution is 2.22. The highest BCUT2D eigenvalue weighted by molar-refractivity contribution is 7.80. The Morgan fingerprint density at radius 3 is 1.00 bits per heavy atom. The van der Waals surface area contributed by atoms with Crippen LogP contribution in [-0.2, 0) is 4.74 Å². The summed E-state index contributed by atoms with van der Waals surface area (Å²) in [5.74, 6) is 0.516. The number of hydrogen-bond donors (Lipinski definition) is 0. The van der Waals surface area contributed by atoms with Crippen molar-refractivity contribution >= 4 is 17.3 Å². The van der Waals surface area contributed by atoms with E-state index >= 15 is 0 Å². The van der Waals surface area contributed by atoms with Crippen molar-refractivity contribution in [1.29, 1.82) is 0 Å². The highest BCUT2D eigenvalue weighted by atomic mass is 32.1. The molecule has 0 atom stereocenters. The fourth-order valence-corrected chi connectivity index (χ4v) is 5.48. The van der Waals surface area contributed by atoms with Gasteiger partial charge in [-0.25, -0.2) is 0 Å². The minimum absolute atomic E-state index is 0.516. The maximum Gasteiger partial charge on any atom is 0.162 e.